The van der Waals surface area contributed by atoms with Crippen molar-refractivity contribution in [1.82, 2.24) is 0 Å². The molecule has 2 fully saturated rings. The number of hydrogen-bond acceptors (Lipinski definition) is 10. The van der Waals surface area contributed by atoms with Gasteiger partial charge in [0.2, 0.25) is 0 Å². The summed E-state index contributed by atoms with van der Waals surface area (Å²) in [5.41, 5.74) is -2.39. The Kier molecular flexibility index (Phi) is 6.87. The van der Waals surface area contributed by atoms with Gasteiger partial charge in [0.15, 0.2) is 6.61 Å². The van der Waals surface area contributed by atoms with Crippen LogP contribution >= 0.6 is 0 Å². The molecular weight excluding hydrogens is 376 g/mol. The molecule has 0 aromatic rings. The highest BCUT2D eigenvalue weighted by Gasteiger charge is 2.46. The monoisotopic (exact) mass is 396 g/mol. The van der Waals surface area contributed by atoms with E-state index in [-0.39, 0.29) is 46.1 Å². The van der Waals surface area contributed by atoms with Crippen molar-refractivity contribution in [2.45, 2.75) is 13.3 Å². The Morgan fingerprint density at radius 1 is 1.00 bits per heavy atom. The molecule has 2 rings (SSSR count). The minimum atomic E-state index is -1.27. The first-order valence-corrected chi connectivity index (χ1v) is 8.31. The largest absolute Gasteiger partial charge is 0.508 e. The van der Waals surface area contributed by atoms with E-state index in [1.165, 1.54) is 13.0 Å². The SMILES string of the molecule is C=CCOC(=O)C1(CC#CCOC(=O)C2(C)COC(=O)OC2)COC(=O)OC1. The molecule has 2 heterocycles. The van der Waals surface area contributed by atoms with E-state index in [4.69, 9.17) is 28.4 Å². The Labute approximate surface area is 161 Å². The summed E-state index contributed by atoms with van der Waals surface area (Å²) in [7, 11) is 0. The Bertz CT molecular complexity index is 694. The van der Waals surface area contributed by atoms with Gasteiger partial charge in [-0.25, -0.2) is 9.59 Å². The summed E-state index contributed by atoms with van der Waals surface area (Å²) in [6.45, 7) is 3.95. The van der Waals surface area contributed by atoms with E-state index in [0.717, 1.165) is 0 Å². The third-order valence-corrected chi connectivity index (χ3v) is 4.04. The zero-order valence-electron chi connectivity index (χ0n) is 15.3. The van der Waals surface area contributed by atoms with Crippen LogP contribution in [0.4, 0.5) is 9.59 Å². The van der Waals surface area contributed by atoms with Crippen LogP contribution in [0.3, 0.4) is 0 Å². The molecule has 28 heavy (non-hydrogen) atoms. The van der Waals surface area contributed by atoms with Crippen LogP contribution in [0.25, 0.3) is 0 Å². The fourth-order valence-electron chi connectivity index (χ4n) is 2.25. The van der Waals surface area contributed by atoms with Crippen LogP contribution in [0.5, 0.6) is 0 Å². The van der Waals surface area contributed by atoms with Gasteiger partial charge in [0.1, 0.15) is 43.9 Å². The second-order valence-corrected chi connectivity index (χ2v) is 6.49. The fraction of sp³-hybridized carbons (Fsp3) is 0.556. The number of ether oxygens (including phenoxy) is 6. The van der Waals surface area contributed by atoms with Gasteiger partial charge in [0.05, 0.1) is 0 Å². The molecule has 0 bridgehead atoms. The van der Waals surface area contributed by atoms with Crippen molar-refractivity contribution in [3.05, 3.63) is 12.7 Å². The number of cyclic esters (lactones) is 4. The van der Waals surface area contributed by atoms with E-state index in [9.17, 15) is 19.2 Å². The molecule has 0 saturated carbocycles. The quantitative estimate of drug-likeness (QED) is 0.278. The van der Waals surface area contributed by atoms with Crippen molar-refractivity contribution < 1.29 is 47.6 Å². The van der Waals surface area contributed by atoms with Gasteiger partial charge in [-0.3, -0.25) is 9.59 Å². The number of hydrogen-bond donors (Lipinski definition) is 0. The van der Waals surface area contributed by atoms with Crippen LogP contribution in [0.1, 0.15) is 13.3 Å². The minimum absolute atomic E-state index is 0.00913. The lowest BCUT2D eigenvalue weighted by Gasteiger charge is -2.31. The van der Waals surface area contributed by atoms with Gasteiger partial charge in [-0.2, -0.15) is 0 Å². The van der Waals surface area contributed by atoms with Gasteiger partial charge in [0, 0.05) is 6.42 Å². The fourth-order valence-corrected chi connectivity index (χ4v) is 2.25. The molecule has 0 amide bonds. The zero-order chi connectivity index (χ0) is 20.6. The van der Waals surface area contributed by atoms with E-state index >= 15 is 0 Å². The highest BCUT2D eigenvalue weighted by Crippen LogP contribution is 2.29. The van der Waals surface area contributed by atoms with E-state index < -0.39 is 35.1 Å². The molecule has 0 aromatic heterocycles. The lowest BCUT2D eigenvalue weighted by molar-refractivity contribution is -0.167. The molecule has 0 spiro atoms. The molecule has 0 aliphatic carbocycles. The van der Waals surface area contributed by atoms with Crippen molar-refractivity contribution >= 4 is 24.2 Å². The molecule has 2 aliphatic rings. The Hall–Kier alpha value is -3.22. The van der Waals surface area contributed by atoms with E-state index in [1.54, 1.807) is 0 Å². The van der Waals surface area contributed by atoms with Crippen LogP contribution in [0, 0.1) is 22.7 Å². The topological polar surface area (TPSA) is 124 Å². The molecule has 10 nitrogen and oxygen atoms in total. The molecule has 0 atom stereocenters. The first kappa shape index (κ1) is 21.1. The molecule has 10 heteroatoms. The minimum Gasteiger partial charge on any atom is -0.461 e. The van der Waals surface area contributed by atoms with Gasteiger partial charge in [-0.15, -0.1) is 0 Å². The first-order chi connectivity index (χ1) is 13.3. The van der Waals surface area contributed by atoms with Crippen molar-refractivity contribution in [1.29, 1.82) is 0 Å². The maximum absolute atomic E-state index is 12.3. The van der Waals surface area contributed by atoms with Crippen LogP contribution in [0.15, 0.2) is 12.7 Å². The second kappa shape index (κ2) is 9.12. The number of rotatable bonds is 6. The molecule has 2 aliphatic heterocycles. The van der Waals surface area contributed by atoms with Crippen LogP contribution < -0.4 is 0 Å². The number of carbonyl (C=O) groups is 4. The highest BCUT2D eigenvalue weighted by molar-refractivity contribution is 5.80. The lowest BCUT2D eigenvalue weighted by Crippen LogP contribution is -2.46. The van der Waals surface area contributed by atoms with E-state index in [1.807, 2.05) is 0 Å². The predicted octanol–water partition coefficient (Wildman–Crippen LogP) is 0.979. The van der Waals surface area contributed by atoms with Crippen LogP contribution in [-0.4, -0.2) is 63.9 Å². The van der Waals surface area contributed by atoms with Crippen molar-refractivity contribution in [3.8, 4) is 11.8 Å². The normalized spacial score (nSPS) is 19.3. The zero-order valence-corrected chi connectivity index (χ0v) is 15.3. The maximum Gasteiger partial charge on any atom is 0.508 e. The highest BCUT2D eigenvalue weighted by atomic mass is 16.7. The summed E-state index contributed by atoms with van der Waals surface area (Å²) in [6.07, 6.45) is -0.350. The van der Waals surface area contributed by atoms with Crippen LogP contribution in [-0.2, 0) is 38.0 Å². The van der Waals surface area contributed by atoms with E-state index in [0.29, 0.717) is 0 Å². The molecular formula is C18H20O10. The van der Waals surface area contributed by atoms with Crippen molar-refractivity contribution in [2.75, 3.05) is 39.6 Å². The van der Waals surface area contributed by atoms with E-state index in [2.05, 4.69) is 18.4 Å². The predicted molar refractivity (Wildman–Crippen MR) is 89.6 cm³/mol. The summed E-state index contributed by atoms with van der Waals surface area (Å²) in [4.78, 5) is 46.4. The molecule has 0 radical (unpaired) electrons. The third kappa shape index (κ3) is 5.16. The number of esters is 2. The van der Waals surface area contributed by atoms with Gasteiger partial charge in [0.25, 0.3) is 0 Å². The van der Waals surface area contributed by atoms with Gasteiger partial charge in [-0.1, -0.05) is 24.5 Å². The Morgan fingerprint density at radius 3 is 2.14 bits per heavy atom. The average molecular weight is 396 g/mol. The van der Waals surface area contributed by atoms with Gasteiger partial charge < -0.3 is 28.4 Å². The van der Waals surface area contributed by atoms with Crippen LogP contribution in [0.2, 0.25) is 0 Å². The Balaban J connectivity index is 1.89. The second-order valence-electron chi connectivity index (χ2n) is 6.49. The summed E-state index contributed by atoms with van der Waals surface area (Å²) in [6, 6.07) is 0. The lowest BCUT2D eigenvalue weighted by atomic mass is 9.86. The molecule has 0 N–H and O–H groups in total. The maximum atomic E-state index is 12.3. The van der Waals surface area contributed by atoms with Crippen molar-refractivity contribution in [2.24, 2.45) is 10.8 Å². The average Bonchev–Trinajstić information content (AvgIpc) is 2.69. The molecule has 2 saturated heterocycles. The summed E-state index contributed by atoms with van der Waals surface area (Å²) in [5, 5.41) is 0. The van der Waals surface area contributed by atoms with Crippen molar-refractivity contribution in [3.63, 3.8) is 0 Å². The summed E-state index contributed by atoms with van der Waals surface area (Å²) >= 11 is 0. The first-order valence-electron chi connectivity index (χ1n) is 8.31. The number of carbonyl (C=O) groups excluding carboxylic acids is 4. The summed E-state index contributed by atoms with van der Waals surface area (Å²) < 4.78 is 29.1. The smallest absolute Gasteiger partial charge is 0.461 e. The standard InChI is InChI=1S/C18H20O10/c1-3-7-23-14(20)18(11-27-16(22)28-12-18)6-4-5-8-24-13(19)17(2)9-25-15(21)26-10-17/h3H,1,6-12H2,2H3. The molecule has 152 valence electrons. The molecule has 0 unspecified atom stereocenters. The summed E-state index contributed by atoms with van der Waals surface area (Å²) in [5.74, 6) is 4.04. The molecule has 0 aromatic carbocycles. The third-order valence-electron chi connectivity index (χ3n) is 4.04. The van der Waals surface area contributed by atoms with Gasteiger partial charge in [-0.05, 0) is 6.92 Å². The Morgan fingerprint density at radius 2 is 1.57 bits per heavy atom. The van der Waals surface area contributed by atoms with Gasteiger partial charge >= 0.3 is 24.2 Å².